The van der Waals surface area contributed by atoms with E-state index >= 15 is 0 Å². The summed E-state index contributed by atoms with van der Waals surface area (Å²) in [5.41, 5.74) is 4.56. The molecule has 1 aromatic heterocycles. The van der Waals surface area contributed by atoms with E-state index in [2.05, 4.69) is 28.5 Å². The lowest BCUT2D eigenvalue weighted by molar-refractivity contribution is -0.120. The van der Waals surface area contributed by atoms with E-state index in [1.165, 1.54) is 22.2 Å². The number of benzene rings is 2. The predicted octanol–water partition coefficient (Wildman–Crippen LogP) is 4.70. The first-order valence-electron chi connectivity index (χ1n) is 9.26. The first-order valence-corrected chi connectivity index (χ1v) is 9.26. The molecule has 1 atom stereocenters. The fourth-order valence-corrected chi connectivity index (χ4v) is 3.73. The molecule has 0 bridgehead atoms. The fourth-order valence-electron chi connectivity index (χ4n) is 3.73. The van der Waals surface area contributed by atoms with Crippen LogP contribution < -0.4 is 10.1 Å². The largest absolute Gasteiger partial charge is 0.491 e. The van der Waals surface area contributed by atoms with E-state index in [-0.39, 0.29) is 17.9 Å². The van der Waals surface area contributed by atoms with Gasteiger partial charge in [0.05, 0.1) is 6.10 Å². The number of ether oxygens (including phenoxy) is 1. The normalized spacial score (nSPS) is 16.5. The molecule has 0 saturated carbocycles. The third-order valence-electron chi connectivity index (χ3n) is 4.96. The topological polar surface area (TPSA) is 54.1 Å². The Bertz CT molecular complexity index is 925. The SMILES string of the molecule is CC(C)Oc1ccc(NC(=O)C2CCc3[nH]c4ccccc4c3C2)cc1. The zero-order chi connectivity index (χ0) is 18.1. The van der Waals surface area contributed by atoms with Crippen LogP contribution in [0.1, 0.15) is 31.5 Å². The molecule has 1 aliphatic rings. The van der Waals surface area contributed by atoms with Gasteiger partial charge in [0, 0.05) is 28.2 Å². The number of carbonyl (C=O) groups is 1. The zero-order valence-electron chi connectivity index (χ0n) is 15.2. The van der Waals surface area contributed by atoms with Crippen LogP contribution >= 0.6 is 0 Å². The van der Waals surface area contributed by atoms with Crippen molar-refractivity contribution in [3.63, 3.8) is 0 Å². The van der Waals surface area contributed by atoms with Gasteiger partial charge in [-0.15, -0.1) is 0 Å². The predicted molar refractivity (Wildman–Crippen MR) is 105 cm³/mol. The lowest BCUT2D eigenvalue weighted by atomic mass is 9.86. The van der Waals surface area contributed by atoms with Gasteiger partial charge in [-0.2, -0.15) is 0 Å². The molecule has 1 heterocycles. The van der Waals surface area contributed by atoms with Gasteiger partial charge in [0.1, 0.15) is 5.75 Å². The van der Waals surface area contributed by atoms with Gasteiger partial charge in [0.2, 0.25) is 5.91 Å². The number of para-hydroxylation sites is 1. The molecule has 3 aromatic rings. The summed E-state index contributed by atoms with van der Waals surface area (Å²) in [6.45, 7) is 4.00. The molecule has 1 unspecified atom stereocenters. The van der Waals surface area contributed by atoms with Crippen LogP contribution in [-0.2, 0) is 17.6 Å². The minimum absolute atomic E-state index is 0.00768. The van der Waals surface area contributed by atoms with Crippen molar-refractivity contribution in [1.82, 2.24) is 4.98 Å². The van der Waals surface area contributed by atoms with Gasteiger partial charge in [0.25, 0.3) is 0 Å². The average molecular weight is 348 g/mol. The minimum atomic E-state index is 0.00768. The molecule has 2 aromatic carbocycles. The standard InChI is InChI=1S/C22H24N2O2/c1-14(2)26-17-10-8-16(9-11-17)23-22(25)15-7-12-21-19(13-15)18-5-3-4-6-20(18)24-21/h3-6,8-11,14-15,24H,7,12-13H2,1-2H3,(H,23,25). The lowest BCUT2D eigenvalue weighted by Crippen LogP contribution is -2.28. The molecule has 0 saturated heterocycles. The number of aryl methyl sites for hydroxylation is 1. The Balaban J connectivity index is 1.46. The van der Waals surface area contributed by atoms with E-state index in [0.717, 1.165) is 30.7 Å². The van der Waals surface area contributed by atoms with Gasteiger partial charge in [-0.05, 0) is 69.0 Å². The average Bonchev–Trinajstić information content (AvgIpc) is 3.01. The minimum Gasteiger partial charge on any atom is -0.491 e. The summed E-state index contributed by atoms with van der Waals surface area (Å²) < 4.78 is 5.65. The number of hydrogen-bond acceptors (Lipinski definition) is 2. The van der Waals surface area contributed by atoms with Crippen molar-refractivity contribution in [3.8, 4) is 5.75 Å². The quantitative estimate of drug-likeness (QED) is 0.718. The zero-order valence-corrected chi connectivity index (χ0v) is 15.2. The van der Waals surface area contributed by atoms with Gasteiger partial charge in [-0.3, -0.25) is 4.79 Å². The molecule has 134 valence electrons. The summed E-state index contributed by atoms with van der Waals surface area (Å²) in [4.78, 5) is 16.2. The van der Waals surface area contributed by atoms with Gasteiger partial charge in [-0.1, -0.05) is 18.2 Å². The second kappa shape index (κ2) is 6.87. The smallest absolute Gasteiger partial charge is 0.227 e. The summed E-state index contributed by atoms with van der Waals surface area (Å²) in [5, 5.41) is 4.30. The number of anilines is 1. The second-order valence-electron chi connectivity index (χ2n) is 7.25. The molecular weight excluding hydrogens is 324 g/mol. The van der Waals surface area contributed by atoms with Crippen LogP contribution in [0.15, 0.2) is 48.5 Å². The highest BCUT2D eigenvalue weighted by molar-refractivity contribution is 5.94. The van der Waals surface area contributed by atoms with Crippen LogP contribution in [0.3, 0.4) is 0 Å². The van der Waals surface area contributed by atoms with E-state index in [9.17, 15) is 4.79 Å². The number of nitrogens with one attached hydrogen (secondary N) is 2. The van der Waals surface area contributed by atoms with Crippen LogP contribution in [0.2, 0.25) is 0 Å². The van der Waals surface area contributed by atoms with Crippen molar-refractivity contribution in [3.05, 3.63) is 59.8 Å². The third-order valence-corrected chi connectivity index (χ3v) is 4.96. The van der Waals surface area contributed by atoms with E-state index in [1.807, 2.05) is 44.2 Å². The maximum absolute atomic E-state index is 12.7. The number of H-pyrrole nitrogens is 1. The van der Waals surface area contributed by atoms with E-state index in [4.69, 9.17) is 4.74 Å². The van der Waals surface area contributed by atoms with E-state index in [1.54, 1.807) is 0 Å². The lowest BCUT2D eigenvalue weighted by Gasteiger charge is -2.22. The molecule has 0 aliphatic heterocycles. The van der Waals surface area contributed by atoms with Gasteiger partial charge in [0.15, 0.2) is 0 Å². The van der Waals surface area contributed by atoms with Crippen LogP contribution in [-0.4, -0.2) is 17.0 Å². The molecule has 0 fully saturated rings. The summed E-state index contributed by atoms with van der Waals surface area (Å²) in [6, 6.07) is 15.9. The van der Waals surface area contributed by atoms with Crippen molar-refractivity contribution in [1.29, 1.82) is 0 Å². The van der Waals surface area contributed by atoms with E-state index in [0.29, 0.717) is 0 Å². The number of fused-ring (bicyclic) bond motifs is 3. The van der Waals surface area contributed by atoms with Gasteiger partial charge >= 0.3 is 0 Å². The maximum Gasteiger partial charge on any atom is 0.227 e. The van der Waals surface area contributed by atoms with Crippen molar-refractivity contribution in [2.45, 2.75) is 39.2 Å². The molecule has 2 N–H and O–H groups in total. The molecule has 0 spiro atoms. The Kier molecular flexibility index (Phi) is 4.41. The van der Waals surface area contributed by atoms with E-state index < -0.39 is 0 Å². The Morgan fingerprint density at radius 1 is 1.15 bits per heavy atom. The number of amides is 1. The first-order chi connectivity index (χ1) is 12.6. The molecule has 26 heavy (non-hydrogen) atoms. The Labute approximate surface area is 153 Å². The van der Waals surface area contributed by atoms with Crippen molar-refractivity contribution in [2.75, 3.05) is 5.32 Å². The molecule has 4 heteroatoms. The summed E-state index contributed by atoms with van der Waals surface area (Å²) in [6.07, 6.45) is 2.73. The van der Waals surface area contributed by atoms with Crippen molar-refractivity contribution < 1.29 is 9.53 Å². The highest BCUT2D eigenvalue weighted by Gasteiger charge is 2.27. The van der Waals surface area contributed by atoms with Gasteiger partial charge < -0.3 is 15.0 Å². The van der Waals surface area contributed by atoms with Gasteiger partial charge in [-0.25, -0.2) is 0 Å². The Morgan fingerprint density at radius 3 is 2.69 bits per heavy atom. The number of carbonyl (C=O) groups excluding carboxylic acids is 1. The maximum atomic E-state index is 12.7. The third kappa shape index (κ3) is 3.32. The second-order valence-corrected chi connectivity index (χ2v) is 7.25. The number of hydrogen-bond donors (Lipinski definition) is 2. The van der Waals surface area contributed by atoms with Crippen LogP contribution in [0.4, 0.5) is 5.69 Å². The summed E-state index contributed by atoms with van der Waals surface area (Å²) >= 11 is 0. The van der Waals surface area contributed by atoms with Crippen molar-refractivity contribution >= 4 is 22.5 Å². The monoisotopic (exact) mass is 348 g/mol. The number of aromatic nitrogens is 1. The molecular formula is C22H24N2O2. The summed E-state index contributed by atoms with van der Waals surface area (Å²) in [5.74, 6) is 0.922. The fraction of sp³-hybridized carbons (Fsp3) is 0.318. The van der Waals surface area contributed by atoms with Crippen LogP contribution in [0.5, 0.6) is 5.75 Å². The summed E-state index contributed by atoms with van der Waals surface area (Å²) in [7, 11) is 0. The number of rotatable bonds is 4. The molecule has 1 aliphatic carbocycles. The first kappa shape index (κ1) is 16.7. The molecule has 4 rings (SSSR count). The van der Waals surface area contributed by atoms with Crippen LogP contribution in [0, 0.1) is 5.92 Å². The Morgan fingerprint density at radius 2 is 1.92 bits per heavy atom. The highest BCUT2D eigenvalue weighted by Crippen LogP contribution is 2.32. The molecule has 0 radical (unpaired) electrons. The Hall–Kier alpha value is -2.75. The number of aromatic amines is 1. The molecule has 4 nitrogen and oxygen atoms in total. The highest BCUT2D eigenvalue weighted by atomic mass is 16.5. The van der Waals surface area contributed by atoms with Crippen molar-refractivity contribution in [2.24, 2.45) is 5.92 Å². The van der Waals surface area contributed by atoms with Crippen LogP contribution in [0.25, 0.3) is 10.9 Å². The molecule has 1 amide bonds.